The van der Waals surface area contributed by atoms with E-state index in [-0.39, 0.29) is 18.3 Å². The Kier molecular flexibility index (Phi) is 9.06. The summed E-state index contributed by atoms with van der Waals surface area (Å²) in [5.41, 5.74) is 0.808. The molecule has 1 amide bonds. The Bertz CT molecular complexity index is 341. The minimum atomic E-state index is 0. The topological polar surface area (TPSA) is 50.4 Å². The molecule has 0 atom stereocenters. The van der Waals surface area contributed by atoms with Crippen molar-refractivity contribution in [3.8, 4) is 5.75 Å². The van der Waals surface area contributed by atoms with E-state index in [9.17, 15) is 4.79 Å². The monoisotopic (exact) mass is 272 g/mol. The van der Waals surface area contributed by atoms with E-state index in [1.165, 1.54) is 0 Å². The highest BCUT2D eigenvalue weighted by Crippen LogP contribution is 2.15. The maximum Gasteiger partial charge on any atom is 0.224 e. The molecule has 1 aromatic carbocycles. The first-order valence-electron chi connectivity index (χ1n) is 5.93. The lowest BCUT2D eigenvalue weighted by atomic mass is 10.2. The van der Waals surface area contributed by atoms with Crippen molar-refractivity contribution in [1.82, 2.24) is 5.32 Å². The number of hydrogen-bond donors (Lipinski definition) is 2. The van der Waals surface area contributed by atoms with Gasteiger partial charge in [-0.2, -0.15) is 0 Å². The van der Waals surface area contributed by atoms with Crippen molar-refractivity contribution < 1.29 is 9.53 Å². The first-order valence-corrected chi connectivity index (χ1v) is 5.93. The smallest absolute Gasteiger partial charge is 0.224 e. The third-order valence-corrected chi connectivity index (χ3v) is 2.28. The van der Waals surface area contributed by atoms with E-state index in [1.54, 1.807) is 0 Å². The normalized spacial score (nSPS) is 9.44. The fraction of sp³-hybridized carbons (Fsp3) is 0.462. The lowest BCUT2D eigenvalue weighted by Crippen LogP contribution is -2.15. The molecule has 0 radical (unpaired) electrons. The van der Waals surface area contributed by atoms with Gasteiger partial charge in [-0.3, -0.25) is 4.79 Å². The fourth-order valence-electron chi connectivity index (χ4n) is 1.45. The summed E-state index contributed by atoms with van der Waals surface area (Å²) in [5.74, 6) is 0.866. The summed E-state index contributed by atoms with van der Waals surface area (Å²) >= 11 is 0. The molecule has 0 heterocycles. The molecule has 4 nitrogen and oxygen atoms in total. The molecule has 0 fully saturated rings. The van der Waals surface area contributed by atoms with Crippen LogP contribution in [-0.4, -0.2) is 26.1 Å². The second-order valence-corrected chi connectivity index (χ2v) is 3.71. The maximum absolute atomic E-state index is 11.5. The van der Waals surface area contributed by atoms with Crippen molar-refractivity contribution in [3.63, 3.8) is 0 Å². The number of hydrogen-bond acceptors (Lipinski definition) is 3. The zero-order chi connectivity index (χ0) is 12.5. The molecule has 2 N–H and O–H groups in total. The highest BCUT2D eigenvalue weighted by molar-refractivity contribution is 5.90. The first kappa shape index (κ1) is 16.7. The number of carbonyl (C=O) groups excluding carboxylic acids is 1. The van der Waals surface area contributed by atoms with Crippen LogP contribution in [0.4, 0.5) is 5.69 Å². The Morgan fingerprint density at radius 1 is 1.28 bits per heavy atom. The Morgan fingerprint density at radius 2 is 1.94 bits per heavy atom. The molecule has 1 rings (SSSR count). The van der Waals surface area contributed by atoms with E-state index in [0.29, 0.717) is 13.0 Å². The molecule has 0 saturated carbocycles. The lowest BCUT2D eigenvalue weighted by Gasteiger charge is -2.07. The van der Waals surface area contributed by atoms with E-state index in [4.69, 9.17) is 4.74 Å². The summed E-state index contributed by atoms with van der Waals surface area (Å²) in [6.07, 6.45) is 1.38. The van der Waals surface area contributed by atoms with Crippen molar-refractivity contribution in [2.24, 2.45) is 0 Å². The highest BCUT2D eigenvalue weighted by Gasteiger charge is 2.01. The van der Waals surface area contributed by atoms with Crippen LogP contribution in [0.25, 0.3) is 0 Å². The number of ether oxygens (including phenoxy) is 1. The minimum Gasteiger partial charge on any atom is -0.494 e. The molecule has 0 spiro atoms. The van der Waals surface area contributed by atoms with E-state index in [2.05, 4.69) is 10.6 Å². The summed E-state index contributed by atoms with van der Waals surface area (Å²) in [6, 6.07) is 7.40. The van der Waals surface area contributed by atoms with Gasteiger partial charge in [-0.1, -0.05) is 0 Å². The van der Waals surface area contributed by atoms with E-state index < -0.39 is 0 Å². The Balaban J connectivity index is 0.00000289. The van der Waals surface area contributed by atoms with Gasteiger partial charge in [0.25, 0.3) is 0 Å². The van der Waals surface area contributed by atoms with Crippen LogP contribution in [0.3, 0.4) is 0 Å². The first-order chi connectivity index (χ1) is 8.26. The minimum absolute atomic E-state index is 0. The van der Waals surface area contributed by atoms with Gasteiger partial charge in [0.2, 0.25) is 5.91 Å². The summed E-state index contributed by atoms with van der Waals surface area (Å²) in [6.45, 7) is 3.45. The van der Waals surface area contributed by atoms with Crippen molar-refractivity contribution in [3.05, 3.63) is 24.3 Å². The maximum atomic E-state index is 11.5. The van der Waals surface area contributed by atoms with Crippen LogP contribution >= 0.6 is 12.4 Å². The molecule has 5 heteroatoms. The number of carbonyl (C=O) groups is 1. The van der Waals surface area contributed by atoms with Crippen LogP contribution in [0.15, 0.2) is 24.3 Å². The Morgan fingerprint density at radius 3 is 2.50 bits per heavy atom. The molecular weight excluding hydrogens is 252 g/mol. The largest absolute Gasteiger partial charge is 0.494 e. The van der Waals surface area contributed by atoms with Gasteiger partial charge < -0.3 is 15.4 Å². The van der Waals surface area contributed by atoms with E-state index in [0.717, 1.165) is 24.4 Å². The van der Waals surface area contributed by atoms with Crippen LogP contribution in [0.5, 0.6) is 5.75 Å². The third kappa shape index (κ3) is 6.47. The van der Waals surface area contributed by atoms with Gasteiger partial charge in [0.15, 0.2) is 0 Å². The number of benzene rings is 1. The van der Waals surface area contributed by atoms with Crippen LogP contribution in [0, 0.1) is 0 Å². The molecule has 0 saturated heterocycles. The van der Waals surface area contributed by atoms with Crippen LogP contribution in [-0.2, 0) is 4.79 Å². The second kappa shape index (κ2) is 9.74. The van der Waals surface area contributed by atoms with E-state index in [1.807, 2.05) is 38.2 Å². The molecule has 0 aromatic heterocycles. The van der Waals surface area contributed by atoms with Gasteiger partial charge in [-0.25, -0.2) is 0 Å². The average Bonchev–Trinajstić information content (AvgIpc) is 2.32. The molecule has 0 bridgehead atoms. The van der Waals surface area contributed by atoms with Gasteiger partial charge in [-0.15, -0.1) is 12.4 Å². The molecule has 18 heavy (non-hydrogen) atoms. The third-order valence-electron chi connectivity index (χ3n) is 2.28. The SMILES string of the molecule is CCOc1ccc(NC(=O)CCCNC)cc1.Cl. The molecule has 0 aliphatic carbocycles. The van der Waals surface area contributed by atoms with Gasteiger partial charge >= 0.3 is 0 Å². The van der Waals surface area contributed by atoms with Gasteiger partial charge in [0.1, 0.15) is 5.75 Å². The quantitative estimate of drug-likeness (QED) is 0.750. The molecule has 102 valence electrons. The highest BCUT2D eigenvalue weighted by atomic mass is 35.5. The number of amides is 1. The van der Waals surface area contributed by atoms with Gasteiger partial charge in [0, 0.05) is 12.1 Å². The number of rotatable bonds is 7. The predicted molar refractivity (Wildman–Crippen MR) is 76.6 cm³/mol. The van der Waals surface area contributed by atoms with Crippen molar-refractivity contribution in [2.45, 2.75) is 19.8 Å². The number of anilines is 1. The fourth-order valence-corrected chi connectivity index (χ4v) is 1.45. The second-order valence-electron chi connectivity index (χ2n) is 3.71. The standard InChI is InChI=1S/C13H20N2O2.ClH/c1-3-17-12-8-6-11(7-9-12)15-13(16)5-4-10-14-2;/h6-9,14H,3-5,10H2,1-2H3,(H,15,16);1H. The van der Waals surface area contributed by atoms with Crippen molar-refractivity contribution in [1.29, 1.82) is 0 Å². The zero-order valence-electron chi connectivity index (χ0n) is 10.9. The van der Waals surface area contributed by atoms with Crippen molar-refractivity contribution >= 4 is 24.0 Å². The Hall–Kier alpha value is -1.26. The molecule has 0 aliphatic heterocycles. The molecular formula is C13H21ClN2O2. The summed E-state index contributed by atoms with van der Waals surface area (Å²) < 4.78 is 5.32. The number of nitrogens with one attached hydrogen (secondary N) is 2. The molecule has 1 aromatic rings. The van der Waals surface area contributed by atoms with Gasteiger partial charge in [0.05, 0.1) is 6.61 Å². The molecule has 0 aliphatic rings. The Labute approximate surface area is 115 Å². The predicted octanol–water partition coefficient (Wildman–Crippen LogP) is 2.45. The molecule has 0 unspecified atom stereocenters. The van der Waals surface area contributed by atoms with Gasteiger partial charge in [-0.05, 0) is 51.2 Å². The zero-order valence-corrected chi connectivity index (χ0v) is 11.7. The van der Waals surface area contributed by atoms with Crippen LogP contribution in [0.2, 0.25) is 0 Å². The lowest BCUT2D eigenvalue weighted by molar-refractivity contribution is -0.116. The van der Waals surface area contributed by atoms with E-state index >= 15 is 0 Å². The summed E-state index contributed by atoms with van der Waals surface area (Å²) in [7, 11) is 1.88. The van der Waals surface area contributed by atoms with Crippen LogP contribution in [0.1, 0.15) is 19.8 Å². The number of halogens is 1. The summed E-state index contributed by atoms with van der Waals surface area (Å²) in [5, 5.41) is 5.86. The van der Waals surface area contributed by atoms with Crippen LogP contribution < -0.4 is 15.4 Å². The van der Waals surface area contributed by atoms with Crippen molar-refractivity contribution in [2.75, 3.05) is 25.5 Å². The average molecular weight is 273 g/mol. The summed E-state index contributed by atoms with van der Waals surface area (Å²) in [4.78, 5) is 11.5.